The van der Waals surface area contributed by atoms with E-state index in [1.807, 2.05) is 0 Å². The molecule has 0 aliphatic heterocycles. The van der Waals surface area contributed by atoms with E-state index >= 15 is 0 Å². The van der Waals surface area contributed by atoms with E-state index in [-0.39, 0.29) is 8.80 Å². The molecule has 0 aromatic carbocycles. The zero-order chi connectivity index (χ0) is 11.4. The molecular formula is C14H32Si. The summed E-state index contributed by atoms with van der Waals surface area (Å²) in [5.41, 5.74) is 0. The van der Waals surface area contributed by atoms with E-state index in [0.717, 1.165) is 0 Å². The van der Waals surface area contributed by atoms with Crippen LogP contribution in [0.1, 0.15) is 71.1 Å². The second-order valence-corrected chi connectivity index (χ2v) is 8.73. The van der Waals surface area contributed by atoms with Crippen molar-refractivity contribution >= 4 is 8.80 Å². The van der Waals surface area contributed by atoms with E-state index in [9.17, 15) is 0 Å². The summed E-state index contributed by atoms with van der Waals surface area (Å²) >= 11 is 0. The lowest BCUT2D eigenvalue weighted by Gasteiger charge is -2.03. The fourth-order valence-corrected chi connectivity index (χ4v) is 3.15. The minimum atomic E-state index is -0.249. The molecule has 0 N–H and O–H groups in total. The minimum Gasteiger partial charge on any atom is -0.0722 e. The summed E-state index contributed by atoms with van der Waals surface area (Å²) in [6.45, 7) is 7.22. The summed E-state index contributed by atoms with van der Waals surface area (Å²) in [5, 5.41) is 0. The van der Waals surface area contributed by atoms with Gasteiger partial charge in [-0.1, -0.05) is 90.3 Å². The molecular weight excluding hydrogens is 196 g/mol. The van der Waals surface area contributed by atoms with E-state index in [0.29, 0.717) is 0 Å². The van der Waals surface area contributed by atoms with Crippen molar-refractivity contribution in [1.82, 2.24) is 0 Å². The first-order chi connectivity index (χ1) is 7.27. The Morgan fingerprint density at radius 1 is 0.600 bits per heavy atom. The zero-order valence-corrected chi connectivity index (χ0v) is 12.5. The zero-order valence-electron chi connectivity index (χ0n) is 11.4. The maximum atomic E-state index is 2.47. The molecule has 0 nitrogen and oxygen atoms in total. The molecule has 0 atom stereocenters. The van der Waals surface area contributed by atoms with Gasteiger partial charge in [0.1, 0.15) is 0 Å². The van der Waals surface area contributed by atoms with Crippen molar-refractivity contribution in [2.45, 2.75) is 90.3 Å². The lowest BCUT2D eigenvalue weighted by Crippen LogP contribution is -1.97. The number of unbranched alkanes of at least 4 members (excludes halogenated alkanes) is 9. The van der Waals surface area contributed by atoms with Crippen LogP contribution in [-0.4, -0.2) is 8.80 Å². The lowest BCUT2D eigenvalue weighted by atomic mass is 10.1. The first-order valence-electron chi connectivity index (χ1n) is 7.27. The van der Waals surface area contributed by atoms with Crippen molar-refractivity contribution < 1.29 is 0 Å². The Balaban J connectivity index is 2.87. The van der Waals surface area contributed by atoms with Crippen LogP contribution < -0.4 is 0 Å². The van der Waals surface area contributed by atoms with Gasteiger partial charge in [0.05, 0.1) is 0 Å². The van der Waals surface area contributed by atoms with Gasteiger partial charge in [-0.2, -0.15) is 0 Å². The van der Waals surface area contributed by atoms with Crippen LogP contribution in [0.5, 0.6) is 0 Å². The van der Waals surface area contributed by atoms with E-state index in [1.54, 1.807) is 6.04 Å². The van der Waals surface area contributed by atoms with Crippen LogP contribution in [0.25, 0.3) is 0 Å². The van der Waals surface area contributed by atoms with Crippen molar-refractivity contribution in [3.8, 4) is 0 Å². The van der Waals surface area contributed by atoms with E-state index in [2.05, 4.69) is 20.0 Å². The van der Waals surface area contributed by atoms with Crippen LogP contribution in [0.3, 0.4) is 0 Å². The Labute approximate surface area is 99.5 Å². The first kappa shape index (κ1) is 15.2. The molecule has 0 rings (SSSR count). The highest BCUT2D eigenvalue weighted by Crippen LogP contribution is 2.11. The van der Waals surface area contributed by atoms with Crippen molar-refractivity contribution in [2.75, 3.05) is 0 Å². The highest BCUT2D eigenvalue weighted by molar-refractivity contribution is 6.55. The van der Waals surface area contributed by atoms with Gasteiger partial charge in [-0.15, -0.1) is 0 Å². The van der Waals surface area contributed by atoms with Gasteiger partial charge in [-0.25, -0.2) is 0 Å². The predicted octanol–water partition coefficient (Wildman–Crippen LogP) is 5.39. The summed E-state index contributed by atoms with van der Waals surface area (Å²) < 4.78 is 0. The number of hydrogen-bond donors (Lipinski definition) is 0. The third-order valence-electron chi connectivity index (χ3n) is 3.14. The Hall–Kier alpha value is 0.217. The topological polar surface area (TPSA) is 0 Å². The van der Waals surface area contributed by atoms with Crippen molar-refractivity contribution in [2.24, 2.45) is 0 Å². The highest BCUT2D eigenvalue weighted by atomic mass is 28.3. The van der Waals surface area contributed by atoms with Gasteiger partial charge in [0.2, 0.25) is 0 Å². The number of hydrogen-bond acceptors (Lipinski definition) is 0. The molecule has 0 saturated carbocycles. The average molecular weight is 228 g/mol. The maximum Gasteiger partial charge on any atom is 0.0305 e. The predicted molar refractivity (Wildman–Crippen MR) is 75.5 cm³/mol. The third kappa shape index (κ3) is 14.2. The van der Waals surface area contributed by atoms with E-state index < -0.39 is 0 Å². The Bertz CT molecular complexity index is 110. The van der Waals surface area contributed by atoms with Crippen LogP contribution >= 0.6 is 0 Å². The molecule has 0 amide bonds. The van der Waals surface area contributed by atoms with Gasteiger partial charge >= 0.3 is 0 Å². The Morgan fingerprint density at radius 3 is 1.40 bits per heavy atom. The van der Waals surface area contributed by atoms with E-state index in [4.69, 9.17) is 0 Å². The molecule has 0 aromatic rings. The Kier molecular flexibility index (Phi) is 12.5. The van der Waals surface area contributed by atoms with Crippen LogP contribution in [-0.2, 0) is 0 Å². The van der Waals surface area contributed by atoms with Crippen molar-refractivity contribution in [1.29, 1.82) is 0 Å². The van der Waals surface area contributed by atoms with Gasteiger partial charge < -0.3 is 0 Å². The summed E-state index contributed by atoms with van der Waals surface area (Å²) in [4.78, 5) is 0. The SMILES string of the molecule is CCCCCCCCCCCC[SiH](C)C. The minimum absolute atomic E-state index is 0.249. The molecule has 0 heterocycles. The van der Waals surface area contributed by atoms with Crippen LogP contribution in [0.15, 0.2) is 0 Å². The monoisotopic (exact) mass is 228 g/mol. The van der Waals surface area contributed by atoms with Gasteiger partial charge in [0, 0.05) is 8.80 Å². The van der Waals surface area contributed by atoms with Crippen LogP contribution in [0, 0.1) is 0 Å². The summed E-state index contributed by atoms with van der Waals surface area (Å²) in [7, 11) is -0.249. The molecule has 0 aromatic heterocycles. The first-order valence-corrected chi connectivity index (χ1v) is 10.4. The van der Waals surface area contributed by atoms with Gasteiger partial charge in [-0.3, -0.25) is 0 Å². The number of rotatable bonds is 11. The van der Waals surface area contributed by atoms with Crippen molar-refractivity contribution in [3.05, 3.63) is 0 Å². The molecule has 0 radical (unpaired) electrons. The second-order valence-electron chi connectivity index (χ2n) is 5.36. The summed E-state index contributed by atoms with van der Waals surface area (Å²) in [6.07, 6.45) is 14.7. The molecule has 0 aliphatic rings. The van der Waals surface area contributed by atoms with Crippen LogP contribution in [0.2, 0.25) is 19.1 Å². The van der Waals surface area contributed by atoms with E-state index in [1.165, 1.54) is 64.2 Å². The lowest BCUT2D eigenvalue weighted by molar-refractivity contribution is 0.562. The maximum absolute atomic E-state index is 2.47. The molecule has 0 saturated heterocycles. The molecule has 0 aliphatic carbocycles. The summed E-state index contributed by atoms with van der Waals surface area (Å²) in [5.74, 6) is 0. The van der Waals surface area contributed by atoms with Crippen LogP contribution in [0.4, 0.5) is 0 Å². The fourth-order valence-electron chi connectivity index (χ4n) is 2.04. The van der Waals surface area contributed by atoms with Crippen molar-refractivity contribution in [3.63, 3.8) is 0 Å². The average Bonchev–Trinajstić information content (AvgIpc) is 2.20. The highest BCUT2D eigenvalue weighted by Gasteiger charge is 1.95. The smallest absolute Gasteiger partial charge is 0.0305 e. The molecule has 92 valence electrons. The standard InChI is InChI=1S/C14H32Si/c1-4-5-6-7-8-9-10-11-12-13-14-15(2)3/h15H,4-14H2,1-3H3. The van der Waals surface area contributed by atoms with Gasteiger partial charge in [0.15, 0.2) is 0 Å². The Morgan fingerprint density at radius 2 is 1.00 bits per heavy atom. The molecule has 0 unspecified atom stereocenters. The largest absolute Gasteiger partial charge is 0.0722 e. The molecule has 1 heteroatoms. The quantitative estimate of drug-likeness (QED) is 0.328. The molecule has 0 bridgehead atoms. The normalized spacial score (nSPS) is 11.2. The third-order valence-corrected chi connectivity index (χ3v) is 4.70. The fraction of sp³-hybridized carbons (Fsp3) is 1.00. The van der Waals surface area contributed by atoms with Gasteiger partial charge in [0.25, 0.3) is 0 Å². The molecule has 15 heavy (non-hydrogen) atoms. The van der Waals surface area contributed by atoms with Gasteiger partial charge in [-0.05, 0) is 0 Å². The molecule has 0 spiro atoms. The second kappa shape index (κ2) is 12.3. The molecule has 0 fully saturated rings. The summed E-state index contributed by atoms with van der Waals surface area (Å²) in [6, 6.07) is 1.57.